The number of thioether (sulfide) groups is 1. The fourth-order valence-electron chi connectivity index (χ4n) is 0.355. The largest absolute Gasteiger partial charge is 0.379 e. The highest BCUT2D eigenvalue weighted by Gasteiger charge is 1.94. The monoisotopic (exact) mass is 307 g/mol. The minimum absolute atomic E-state index is 0. The summed E-state index contributed by atoms with van der Waals surface area (Å²) in [5.41, 5.74) is 10.5. The van der Waals surface area contributed by atoms with E-state index in [1.54, 1.807) is 0 Å². The molecule has 0 aliphatic heterocycles. The van der Waals surface area contributed by atoms with Crippen LogP contribution in [0.15, 0.2) is 0 Å². The fourth-order valence-corrected chi connectivity index (χ4v) is 1.06. The molecule has 3 nitrogen and oxygen atoms in total. The van der Waals surface area contributed by atoms with Gasteiger partial charge in [-0.2, -0.15) is 0 Å². The van der Waals surface area contributed by atoms with E-state index in [0.717, 1.165) is 12.2 Å². The molecule has 0 radical (unpaired) electrons. The molecule has 1 atom stereocenters. The molecule has 0 aromatic carbocycles. The molecule has 70 valence electrons. The minimum atomic E-state index is 0. The topological polar surface area (TPSA) is 75.9 Å². The van der Waals surface area contributed by atoms with Gasteiger partial charge in [-0.15, -0.1) is 34.0 Å². The van der Waals surface area contributed by atoms with Crippen LogP contribution in [0.4, 0.5) is 0 Å². The van der Waals surface area contributed by atoms with Crippen molar-refractivity contribution in [2.75, 3.05) is 5.75 Å². The van der Waals surface area contributed by atoms with Gasteiger partial charge in [0.15, 0.2) is 5.17 Å². The van der Waals surface area contributed by atoms with Crippen molar-refractivity contribution in [1.82, 2.24) is 0 Å². The molecule has 0 amide bonds. The third-order valence-corrected chi connectivity index (χ3v) is 1.58. The molecule has 1 unspecified atom stereocenters. The summed E-state index contributed by atoms with van der Waals surface area (Å²) in [5.74, 6) is 0.854. The summed E-state index contributed by atoms with van der Waals surface area (Å²) in [6.07, 6.45) is 0.921. The van der Waals surface area contributed by atoms with Gasteiger partial charge in [0, 0.05) is 11.8 Å². The highest BCUT2D eigenvalue weighted by Crippen LogP contribution is 2.01. The second-order valence-electron chi connectivity index (χ2n) is 1.98. The van der Waals surface area contributed by atoms with E-state index < -0.39 is 0 Å². The summed E-state index contributed by atoms with van der Waals surface area (Å²) in [7, 11) is 0. The van der Waals surface area contributed by atoms with E-state index >= 15 is 0 Å². The van der Waals surface area contributed by atoms with Gasteiger partial charge in [0.1, 0.15) is 0 Å². The Balaban J connectivity index is -0.000000320. The van der Waals surface area contributed by atoms with Crippen LogP contribution < -0.4 is 11.5 Å². The molecule has 11 heavy (non-hydrogen) atoms. The lowest BCUT2D eigenvalue weighted by Gasteiger charge is -2.01. The van der Waals surface area contributed by atoms with E-state index in [4.69, 9.17) is 16.9 Å². The Morgan fingerprint density at radius 1 is 1.55 bits per heavy atom. The molecule has 0 saturated heterocycles. The lowest BCUT2D eigenvalue weighted by Crippen LogP contribution is -2.16. The molecule has 6 heteroatoms. The molecule has 0 aliphatic carbocycles. The zero-order chi connectivity index (χ0) is 7.28. The smallest absolute Gasteiger partial charge is 0.151 e. The van der Waals surface area contributed by atoms with Crippen molar-refractivity contribution >= 4 is 50.9 Å². The SMILES string of the molecule is Br.Br.CC(N)CCSC(=N)N. The average Bonchev–Trinajstić information content (AvgIpc) is 1.63. The lowest BCUT2D eigenvalue weighted by molar-refractivity contribution is 0.722. The fraction of sp³-hybridized carbons (Fsp3) is 0.800. The quantitative estimate of drug-likeness (QED) is 0.546. The van der Waals surface area contributed by atoms with Gasteiger partial charge in [-0.25, -0.2) is 0 Å². The van der Waals surface area contributed by atoms with Crippen LogP contribution in [0, 0.1) is 5.41 Å². The minimum Gasteiger partial charge on any atom is -0.379 e. The van der Waals surface area contributed by atoms with Crippen LogP contribution in [-0.4, -0.2) is 17.0 Å². The summed E-state index contributed by atoms with van der Waals surface area (Å²) in [5, 5.41) is 7.02. The second-order valence-corrected chi connectivity index (χ2v) is 3.12. The highest BCUT2D eigenvalue weighted by atomic mass is 79.9. The predicted octanol–water partition coefficient (Wildman–Crippen LogP) is 1.51. The number of nitrogens with one attached hydrogen (secondary N) is 1. The van der Waals surface area contributed by atoms with Gasteiger partial charge >= 0.3 is 0 Å². The van der Waals surface area contributed by atoms with Gasteiger partial charge in [0.25, 0.3) is 0 Å². The van der Waals surface area contributed by atoms with Crippen LogP contribution in [0.2, 0.25) is 0 Å². The number of hydrogen-bond acceptors (Lipinski definition) is 3. The van der Waals surface area contributed by atoms with Crippen molar-refractivity contribution in [1.29, 1.82) is 5.41 Å². The van der Waals surface area contributed by atoms with Gasteiger partial charge in [-0.3, -0.25) is 5.41 Å². The molecule has 0 saturated carbocycles. The molecule has 0 bridgehead atoms. The first-order valence-corrected chi connectivity index (χ1v) is 3.84. The van der Waals surface area contributed by atoms with Crippen LogP contribution in [0.1, 0.15) is 13.3 Å². The molecular weight excluding hydrogens is 294 g/mol. The number of amidine groups is 1. The molecule has 0 aromatic heterocycles. The summed E-state index contributed by atoms with van der Waals surface area (Å²) in [6.45, 7) is 1.95. The van der Waals surface area contributed by atoms with E-state index in [0.29, 0.717) is 0 Å². The Bertz CT molecular complexity index is 99.7. The predicted molar refractivity (Wildman–Crippen MR) is 63.3 cm³/mol. The molecule has 0 rings (SSSR count). The maximum absolute atomic E-state index is 6.84. The average molecular weight is 309 g/mol. The highest BCUT2D eigenvalue weighted by molar-refractivity contribution is 8.93. The number of hydrogen-bond donors (Lipinski definition) is 3. The summed E-state index contributed by atoms with van der Waals surface area (Å²) in [6, 6.07) is 0.219. The number of rotatable bonds is 3. The van der Waals surface area contributed by atoms with Gasteiger partial charge in [-0.1, -0.05) is 11.8 Å². The van der Waals surface area contributed by atoms with Crippen LogP contribution in [0.3, 0.4) is 0 Å². The van der Waals surface area contributed by atoms with Crippen molar-refractivity contribution in [3.63, 3.8) is 0 Å². The van der Waals surface area contributed by atoms with Crippen molar-refractivity contribution in [3.8, 4) is 0 Å². The summed E-state index contributed by atoms with van der Waals surface area (Å²) >= 11 is 1.34. The van der Waals surface area contributed by atoms with Crippen molar-refractivity contribution < 1.29 is 0 Å². The van der Waals surface area contributed by atoms with E-state index in [-0.39, 0.29) is 45.2 Å². The maximum Gasteiger partial charge on any atom is 0.151 e. The normalized spacial score (nSPS) is 10.7. The number of halogens is 2. The zero-order valence-corrected chi connectivity index (χ0v) is 10.6. The standard InChI is InChI=1S/C5H13N3S.2BrH/c1-4(6)2-3-9-5(7)8;;/h4H,2-3,6H2,1H3,(H3,7,8);2*1H. The molecule has 5 N–H and O–H groups in total. The summed E-state index contributed by atoms with van der Waals surface area (Å²) < 4.78 is 0. The van der Waals surface area contributed by atoms with Gasteiger partial charge < -0.3 is 11.5 Å². The van der Waals surface area contributed by atoms with E-state index in [1.165, 1.54) is 11.8 Å². The third kappa shape index (κ3) is 18.1. The van der Waals surface area contributed by atoms with Crippen molar-refractivity contribution in [2.24, 2.45) is 11.5 Å². The Kier molecular flexibility index (Phi) is 17.3. The molecule has 0 heterocycles. The molecule has 0 spiro atoms. The van der Waals surface area contributed by atoms with Crippen LogP contribution >= 0.6 is 45.7 Å². The molecule has 0 fully saturated rings. The first kappa shape index (κ1) is 17.7. The van der Waals surface area contributed by atoms with Crippen molar-refractivity contribution in [3.05, 3.63) is 0 Å². The van der Waals surface area contributed by atoms with Crippen LogP contribution in [-0.2, 0) is 0 Å². The molecule has 0 aromatic rings. The lowest BCUT2D eigenvalue weighted by atomic mass is 10.3. The first-order chi connectivity index (χ1) is 4.13. The van der Waals surface area contributed by atoms with E-state index in [9.17, 15) is 0 Å². The maximum atomic E-state index is 6.84. The van der Waals surface area contributed by atoms with Gasteiger partial charge in [-0.05, 0) is 13.3 Å². The number of nitrogens with two attached hydrogens (primary N) is 2. The second kappa shape index (κ2) is 10.7. The van der Waals surface area contributed by atoms with Crippen LogP contribution in [0.5, 0.6) is 0 Å². The Hall–Kier alpha value is 0.740. The summed E-state index contributed by atoms with van der Waals surface area (Å²) in [4.78, 5) is 0. The first-order valence-electron chi connectivity index (χ1n) is 2.85. The Morgan fingerprint density at radius 2 is 2.00 bits per heavy atom. The molecular formula is C5H15Br2N3S. The van der Waals surface area contributed by atoms with Crippen LogP contribution in [0.25, 0.3) is 0 Å². The van der Waals surface area contributed by atoms with Gasteiger partial charge in [0.05, 0.1) is 0 Å². The van der Waals surface area contributed by atoms with E-state index in [2.05, 4.69) is 0 Å². The third-order valence-electron chi connectivity index (χ3n) is 0.831. The Labute approximate surface area is 92.7 Å². The van der Waals surface area contributed by atoms with Gasteiger partial charge in [0.2, 0.25) is 0 Å². The van der Waals surface area contributed by atoms with E-state index in [1.807, 2.05) is 6.92 Å². The molecule has 0 aliphatic rings. The zero-order valence-electron chi connectivity index (χ0n) is 6.37. The van der Waals surface area contributed by atoms with Crippen molar-refractivity contribution in [2.45, 2.75) is 19.4 Å². The Morgan fingerprint density at radius 3 is 2.27 bits per heavy atom.